The maximum Gasteiger partial charge on any atom is 0.254 e. The van der Waals surface area contributed by atoms with Crippen LogP contribution in [0.4, 0.5) is 0 Å². The van der Waals surface area contributed by atoms with Gasteiger partial charge in [0.25, 0.3) is 5.91 Å². The Kier molecular flexibility index (Phi) is 6.81. The molecule has 1 amide bonds. The van der Waals surface area contributed by atoms with Crippen molar-refractivity contribution < 1.29 is 15.0 Å². The summed E-state index contributed by atoms with van der Waals surface area (Å²) < 4.78 is 0. The largest absolute Gasteiger partial charge is 0.508 e. The Bertz CT molecular complexity index is 591. The smallest absolute Gasteiger partial charge is 0.254 e. The molecule has 2 atom stereocenters. The van der Waals surface area contributed by atoms with Gasteiger partial charge in [0.05, 0.1) is 0 Å². The lowest BCUT2D eigenvalue weighted by molar-refractivity contribution is 0.0779. The number of nitrogens with zero attached hydrogens (tertiary/aromatic N) is 3. The second-order valence-corrected chi connectivity index (χ2v) is 7.48. The summed E-state index contributed by atoms with van der Waals surface area (Å²) in [6.07, 6.45) is 0. The maximum absolute atomic E-state index is 12.7. The molecule has 6 heteroatoms. The number of aliphatic hydroxyl groups excluding tert-OH is 1. The van der Waals surface area contributed by atoms with Crippen LogP contribution in [-0.4, -0.2) is 91.3 Å². The lowest BCUT2D eigenvalue weighted by atomic mass is 9.96. The number of phenolic OH excluding ortho intramolecular Hbond substituents is 1. The summed E-state index contributed by atoms with van der Waals surface area (Å²) in [5, 5.41) is 19.6. The molecule has 0 saturated carbocycles. The number of hydrogen-bond acceptors (Lipinski definition) is 5. The van der Waals surface area contributed by atoms with Gasteiger partial charge in [-0.3, -0.25) is 4.79 Å². The molecule has 140 valence electrons. The van der Waals surface area contributed by atoms with Gasteiger partial charge in [-0.2, -0.15) is 0 Å². The number of rotatable bonds is 7. The zero-order valence-corrected chi connectivity index (χ0v) is 15.8. The SMILES string of the molecule is Cc1ccc(C(=O)N2C[C@@H](CN(C)CCN(C)C)[C@@H](CO)C2)cc1O. The first-order valence-electron chi connectivity index (χ1n) is 8.84. The first-order valence-corrected chi connectivity index (χ1v) is 8.84. The topological polar surface area (TPSA) is 67.3 Å². The molecular weight excluding hydrogens is 318 g/mol. The highest BCUT2D eigenvalue weighted by atomic mass is 16.3. The predicted octanol–water partition coefficient (Wildman–Crippen LogP) is 0.875. The Labute approximate surface area is 150 Å². The van der Waals surface area contributed by atoms with E-state index >= 15 is 0 Å². The minimum absolute atomic E-state index is 0.0767. The Morgan fingerprint density at radius 3 is 2.48 bits per heavy atom. The number of amides is 1. The minimum atomic E-state index is -0.0767. The molecular formula is C19H31N3O3. The Morgan fingerprint density at radius 1 is 1.20 bits per heavy atom. The zero-order chi connectivity index (χ0) is 18.6. The van der Waals surface area contributed by atoms with Gasteiger partial charge >= 0.3 is 0 Å². The molecule has 2 rings (SSSR count). The van der Waals surface area contributed by atoms with E-state index in [9.17, 15) is 15.0 Å². The van der Waals surface area contributed by atoms with Crippen LogP contribution in [0.25, 0.3) is 0 Å². The second kappa shape index (κ2) is 8.65. The molecule has 25 heavy (non-hydrogen) atoms. The molecule has 0 aliphatic carbocycles. The van der Waals surface area contributed by atoms with Crippen LogP contribution in [0.3, 0.4) is 0 Å². The molecule has 0 unspecified atom stereocenters. The first kappa shape index (κ1) is 19.7. The van der Waals surface area contributed by atoms with E-state index in [4.69, 9.17) is 0 Å². The quantitative estimate of drug-likeness (QED) is 0.765. The molecule has 1 fully saturated rings. The van der Waals surface area contributed by atoms with Crippen molar-refractivity contribution in [3.63, 3.8) is 0 Å². The van der Waals surface area contributed by atoms with E-state index in [-0.39, 0.29) is 30.1 Å². The van der Waals surface area contributed by atoms with E-state index in [1.807, 2.05) is 0 Å². The number of aliphatic hydroxyl groups is 1. The maximum atomic E-state index is 12.7. The van der Waals surface area contributed by atoms with Crippen LogP contribution in [0, 0.1) is 18.8 Å². The number of likely N-dealkylation sites (N-methyl/N-ethyl adjacent to an activating group) is 2. The van der Waals surface area contributed by atoms with Gasteiger partial charge in [-0.25, -0.2) is 0 Å². The molecule has 0 spiro atoms. The van der Waals surface area contributed by atoms with Crippen LogP contribution in [0.5, 0.6) is 5.75 Å². The van der Waals surface area contributed by atoms with Crippen LogP contribution in [-0.2, 0) is 0 Å². The van der Waals surface area contributed by atoms with Crippen molar-refractivity contribution >= 4 is 5.91 Å². The number of carbonyl (C=O) groups excluding carboxylic acids is 1. The van der Waals surface area contributed by atoms with Crippen molar-refractivity contribution in [2.45, 2.75) is 6.92 Å². The normalized spacial score (nSPS) is 20.7. The fourth-order valence-corrected chi connectivity index (χ4v) is 3.31. The molecule has 1 aliphatic heterocycles. The highest BCUT2D eigenvalue weighted by Gasteiger charge is 2.35. The van der Waals surface area contributed by atoms with Crippen LogP contribution in [0.15, 0.2) is 18.2 Å². The van der Waals surface area contributed by atoms with E-state index in [1.165, 1.54) is 6.07 Å². The van der Waals surface area contributed by atoms with Gasteiger partial charge in [0.2, 0.25) is 0 Å². The van der Waals surface area contributed by atoms with Crippen LogP contribution >= 0.6 is 0 Å². The van der Waals surface area contributed by atoms with E-state index in [2.05, 4.69) is 30.9 Å². The number of aromatic hydroxyl groups is 1. The van der Waals surface area contributed by atoms with Crippen LogP contribution in [0.2, 0.25) is 0 Å². The van der Waals surface area contributed by atoms with Crippen molar-refractivity contribution in [2.24, 2.45) is 11.8 Å². The highest BCUT2D eigenvalue weighted by molar-refractivity contribution is 5.95. The number of hydrogen-bond donors (Lipinski definition) is 2. The summed E-state index contributed by atoms with van der Waals surface area (Å²) in [6, 6.07) is 5.04. The third kappa shape index (κ3) is 5.17. The van der Waals surface area contributed by atoms with Gasteiger partial charge in [0.1, 0.15) is 5.75 Å². The molecule has 6 nitrogen and oxygen atoms in total. The third-order valence-electron chi connectivity index (χ3n) is 5.03. The molecule has 1 aromatic rings. The average Bonchev–Trinajstić information content (AvgIpc) is 2.97. The fraction of sp³-hybridized carbons (Fsp3) is 0.632. The van der Waals surface area contributed by atoms with Crippen molar-refractivity contribution in [1.82, 2.24) is 14.7 Å². The molecule has 0 radical (unpaired) electrons. The summed E-state index contributed by atoms with van der Waals surface area (Å²) >= 11 is 0. The summed E-state index contributed by atoms with van der Waals surface area (Å²) in [5.41, 5.74) is 1.26. The van der Waals surface area contributed by atoms with Gasteiger partial charge in [-0.1, -0.05) is 6.07 Å². The lowest BCUT2D eigenvalue weighted by Gasteiger charge is -2.25. The van der Waals surface area contributed by atoms with E-state index in [1.54, 1.807) is 24.0 Å². The summed E-state index contributed by atoms with van der Waals surface area (Å²) in [5.74, 6) is 0.431. The molecule has 1 heterocycles. The number of benzene rings is 1. The van der Waals surface area contributed by atoms with Crippen molar-refractivity contribution in [1.29, 1.82) is 0 Å². The van der Waals surface area contributed by atoms with Crippen LogP contribution in [0.1, 0.15) is 15.9 Å². The number of likely N-dealkylation sites (tertiary alicyclic amines) is 1. The standard InChI is InChI=1S/C19H31N3O3/c1-14-5-6-15(9-18(14)24)19(25)22-11-16(17(12-22)13-23)10-21(4)8-7-20(2)3/h5-6,9,16-17,23-24H,7-8,10-13H2,1-4H3/t16-,17-/m1/s1. The molecule has 1 saturated heterocycles. The number of carbonyl (C=O) groups is 1. The molecule has 0 bridgehead atoms. The number of phenols is 1. The predicted molar refractivity (Wildman–Crippen MR) is 98.9 cm³/mol. The van der Waals surface area contributed by atoms with Gasteiger partial charge < -0.3 is 24.9 Å². The Morgan fingerprint density at radius 2 is 1.88 bits per heavy atom. The zero-order valence-electron chi connectivity index (χ0n) is 15.8. The van der Waals surface area contributed by atoms with E-state index < -0.39 is 0 Å². The second-order valence-electron chi connectivity index (χ2n) is 7.48. The molecule has 1 aromatic carbocycles. The fourth-order valence-electron chi connectivity index (χ4n) is 3.31. The summed E-state index contributed by atoms with van der Waals surface area (Å²) in [6.45, 7) is 5.92. The third-order valence-corrected chi connectivity index (χ3v) is 5.03. The highest BCUT2D eigenvalue weighted by Crippen LogP contribution is 2.26. The number of aryl methyl sites for hydroxylation is 1. The minimum Gasteiger partial charge on any atom is -0.508 e. The van der Waals surface area contributed by atoms with Crippen molar-refractivity contribution in [3.05, 3.63) is 29.3 Å². The molecule has 1 aliphatic rings. The van der Waals surface area contributed by atoms with Gasteiger partial charge in [0.15, 0.2) is 0 Å². The van der Waals surface area contributed by atoms with Gasteiger partial charge in [-0.05, 0) is 51.7 Å². The van der Waals surface area contributed by atoms with Gasteiger partial charge in [0, 0.05) is 50.8 Å². The average molecular weight is 349 g/mol. The van der Waals surface area contributed by atoms with Crippen molar-refractivity contribution in [3.8, 4) is 5.75 Å². The monoisotopic (exact) mass is 349 g/mol. The molecule has 2 N–H and O–H groups in total. The first-order chi connectivity index (χ1) is 11.8. The van der Waals surface area contributed by atoms with E-state index in [0.29, 0.717) is 18.7 Å². The summed E-state index contributed by atoms with van der Waals surface area (Å²) in [4.78, 5) is 18.9. The lowest BCUT2D eigenvalue weighted by Crippen LogP contribution is -2.35. The van der Waals surface area contributed by atoms with Crippen LogP contribution < -0.4 is 0 Å². The van der Waals surface area contributed by atoms with Gasteiger partial charge in [-0.15, -0.1) is 0 Å². The Balaban J connectivity index is 1.99. The van der Waals surface area contributed by atoms with Crippen molar-refractivity contribution in [2.75, 3.05) is 60.5 Å². The summed E-state index contributed by atoms with van der Waals surface area (Å²) in [7, 11) is 6.19. The van der Waals surface area contributed by atoms with E-state index in [0.717, 1.165) is 25.2 Å². The Hall–Kier alpha value is -1.63. The molecule has 0 aromatic heterocycles.